The third kappa shape index (κ3) is 9.67. The molecule has 3 aromatic carbocycles. The van der Waals surface area contributed by atoms with Crippen molar-refractivity contribution in [3.63, 3.8) is 0 Å². The van der Waals surface area contributed by atoms with E-state index in [-0.39, 0.29) is 0 Å². The van der Waals surface area contributed by atoms with Crippen LogP contribution in [0.1, 0.15) is 36.0 Å². The van der Waals surface area contributed by atoms with Gasteiger partial charge in [0.2, 0.25) is 0 Å². The fourth-order valence-electron chi connectivity index (χ4n) is 4.35. The second kappa shape index (κ2) is 16.1. The number of ether oxygens (including phenoxy) is 3. The molecule has 1 saturated heterocycles. The van der Waals surface area contributed by atoms with E-state index in [1.54, 1.807) is 59.9 Å². The summed E-state index contributed by atoms with van der Waals surface area (Å²) >= 11 is 1.65. The summed E-state index contributed by atoms with van der Waals surface area (Å²) in [6.45, 7) is 6.36. The Bertz CT molecular complexity index is 1630. The van der Waals surface area contributed by atoms with Gasteiger partial charge in [0.1, 0.15) is 16.5 Å². The maximum Gasteiger partial charge on any atom is 0.343 e. The van der Waals surface area contributed by atoms with E-state index in [4.69, 9.17) is 14.2 Å². The van der Waals surface area contributed by atoms with Crippen molar-refractivity contribution in [2.75, 3.05) is 31.2 Å². The quantitative estimate of drug-likeness (QED) is 0.0455. The predicted molar refractivity (Wildman–Crippen MR) is 174 cm³/mol. The highest BCUT2D eigenvalue weighted by molar-refractivity contribution is 7.19. The van der Waals surface area contributed by atoms with Gasteiger partial charge in [-0.25, -0.2) is 9.59 Å². The third-order valence-corrected chi connectivity index (χ3v) is 7.78. The monoisotopic (exact) mass is 623 g/mol. The molecule has 5 rings (SSSR count). The second-order valence-corrected chi connectivity index (χ2v) is 11.1. The van der Waals surface area contributed by atoms with E-state index >= 15 is 0 Å². The van der Waals surface area contributed by atoms with Crippen LogP contribution in [0.25, 0.3) is 0 Å². The number of carbonyl (C=O) groups excluding carboxylic acids is 2. The molecular formula is C34H33N5O5S. The van der Waals surface area contributed by atoms with Crippen LogP contribution in [0.15, 0.2) is 118 Å². The van der Waals surface area contributed by atoms with E-state index in [0.29, 0.717) is 48.1 Å². The summed E-state index contributed by atoms with van der Waals surface area (Å²) in [4.78, 5) is 26.0. The average Bonchev–Trinajstić information content (AvgIpc) is 3.79. The Balaban J connectivity index is 1.05. The van der Waals surface area contributed by atoms with Crippen molar-refractivity contribution in [2.24, 2.45) is 20.5 Å². The van der Waals surface area contributed by atoms with E-state index in [9.17, 15) is 9.59 Å². The van der Waals surface area contributed by atoms with Crippen LogP contribution >= 0.6 is 11.3 Å². The molecule has 0 bridgehead atoms. The van der Waals surface area contributed by atoms with Crippen molar-refractivity contribution < 1.29 is 23.8 Å². The van der Waals surface area contributed by atoms with E-state index in [2.05, 4.69) is 38.0 Å². The molecule has 0 N–H and O–H groups in total. The molecule has 0 unspecified atom stereocenters. The van der Waals surface area contributed by atoms with Crippen LogP contribution in [0, 0.1) is 0 Å². The summed E-state index contributed by atoms with van der Waals surface area (Å²) in [5, 5.41) is 19.4. The van der Waals surface area contributed by atoms with Gasteiger partial charge in [-0.1, -0.05) is 17.9 Å². The Hall–Kier alpha value is -5.16. The molecule has 0 atom stereocenters. The van der Waals surface area contributed by atoms with Gasteiger partial charge in [-0.3, -0.25) is 0 Å². The first-order valence-corrected chi connectivity index (χ1v) is 15.5. The fourth-order valence-corrected chi connectivity index (χ4v) is 5.23. The van der Waals surface area contributed by atoms with Gasteiger partial charge in [0.05, 0.1) is 40.8 Å². The van der Waals surface area contributed by atoms with Crippen LogP contribution in [0.5, 0.6) is 11.5 Å². The number of thiophene rings is 1. The molecule has 1 fully saturated rings. The zero-order valence-corrected chi connectivity index (χ0v) is 25.5. The van der Waals surface area contributed by atoms with Gasteiger partial charge >= 0.3 is 11.9 Å². The van der Waals surface area contributed by atoms with Gasteiger partial charge in [0.15, 0.2) is 0 Å². The van der Waals surface area contributed by atoms with Crippen molar-refractivity contribution in [1.82, 2.24) is 0 Å². The number of esters is 2. The Morgan fingerprint density at radius 1 is 0.733 bits per heavy atom. The lowest BCUT2D eigenvalue weighted by atomic mass is 10.2. The molecular weight excluding hydrogens is 590 g/mol. The lowest BCUT2D eigenvalue weighted by molar-refractivity contribution is -0.137. The first kappa shape index (κ1) is 31.3. The minimum absolute atomic E-state index is 0.321. The molecule has 0 saturated carbocycles. The molecule has 0 radical (unpaired) electrons. The molecule has 1 aliphatic heterocycles. The molecule has 1 aliphatic rings. The van der Waals surface area contributed by atoms with Crippen molar-refractivity contribution >= 4 is 50.3 Å². The van der Waals surface area contributed by atoms with E-state index in [1.807, 2.05) is 30.3 Å². The number of azo groups is 2. The molecule has 10 nitrogen and oxygen atoms in total. The molecule has 4 aromatic rings. The van der Waals surface area contributed by atoms with Gasteiger partial charge < -0.3 is 19.1 Å². The van der Waals surface area contributed by atoms with Gasteiger partial charge in [-0.05, 0) is 111 Å². The summed E-state index contributed by atoms with van der Waals surface area (Å²) in [5.41, 5.74) is 2.43. The van der Waals surface area contributed by atoms with Crippen molar-refractivity contribution in [2.45, 2.75) is 25.7 Å². The first-order chi connectivity index (χ1) is 22.1. The zero-order chi connectivity index (χ0) is 31.3. The summed E-state index contributed by atoms with van der Waals surface area (Å²) in [6.07, 6.45) is 5.03. The Morgan fingerprint density at radius 2 is 1.31 bits per heavy atom. The molecule has 11 heteroatoms. The van der Waals surface area contributed by atoms with Gasteiger partial charge in [-0.2, -0.15) is 10.2 Å². The summed E-state index contributed by atoms with van der Waals surface area (Å²) in [6, 6.07) is 25.0. The van der Waals surface area contributed by atoms with Crippen LogP contribution in [0.4, 0.5) is 27.1 Å². The highest BCUT2D eigenvalue weighted by Gasteiger charge is 2.14. The first-order valence-electron chi connectivity index (χ1n) is 14.7. The number of nitrogens with zero attached hydrogens (tertiary/aromatic N) is 5. The number of anilines is 1. The molecule has 0 aliphatic carbocycles. The second-order valence-electron chi connectivity index (χ2n) is 10.1. The largest absolute Gasteiger partial charge is 0.494 e. The van der Waals surface area contributed by atoms with Gasteiger partial charge in [-0.15, -0.1) is 10.2 Å². The van der Waals surface area contributed by atoms with Gasteiger partial charge in [0.25, 0.3) is 0 Å². The molecule has 45 heavy (non-hydrogen) atoms. The van der Waals surface area contributed by atoms with Gasteiger partial charge in [0, 0.05) is 19.2 Å². The zero-order valence-electron chi connectivity index (χ0n) is 24.7. The van der Waals surface area contributed by atoms with Crippen LogP contribution in [0.3, 0.4) is 0 Å². The average molecular weight is 624 g/mol. The maximum atomic E-state index is 12.6. The van der Waals surface area contributed by atoms with E-state index in [0.717, 1.165) is 36.3 Å². The topological polar surface area (TPSA) is 115 Å². The molecule has 0 spiro atoms. The number of hydrogen-bond donors (Lipinski definition) is 0. The lowest BCUT2D eigenvalue weighted by Crippen LogP contribution is -2.15. The molecule has 2 heterocycles. The highest BCUT2D eigenvalue weighted by Crippen LogP contribution is 2.35. The van der Waals surface area contributed by atoms with Crippen LogP contribution in [-0.4, -0.2) is 38.2 Å². The summed E-state index contributed by atoms with van der Waals surface area (Å²) in [5.74, 6) is 0.110. The smallest absolute Gasteiger partial charge is 0.343 e. The van der Waals surface area contributed by atoms with Crippen molar-refractivity contribution in [3.05, 3.63) is 103 Å². The third-order valence-electron chi connectivity index (χ3n) is 6.75. The van der Waals surface area contributed by atoms with E-state index in [1.165, 1.54) is 17.8 Å². The minimum atomic E-state index is -0.483. The van der Waals surface area contributed by atoms with Crippen LogP contribution < -0.4 is 14.4 Å². The van der Waals surface area contributed by atoms with Crippen LogP contribution in [-0.2, 0) is 9.53 Å². The Morgan fingerprint density at radius 3 is 1.96 bits per heavy atom. The standard InChI is InChI=1S/C34H33N5O5S/c1-2-33(40)43-24-6-5-23-42-29-15-7-25(8-16-29)34(41)44-30-17-13-28(14-18-30)36-35-26-9-11-27(12-10-26)37-38-31-19-20-32(45-31)39-21-3-4-22-39/h2,7-20H,1,3-6,21-24H2. The normalized spacial score (nSPS) is 12.9. The number of carbonyl (C=O) groups is 2. The molecule has 0 amide bonds. The minimum Gasteiger partial charge on any atom is -0.494 e. The lowest BCUT2D eigenvalue weighted by Gasteiger charge is -2.13. The van der Waals surface area contributed by atoms with Crippen molar-refractivity contribution in [3.8, 4) is 11.5 Å². The predicted octanol–water partition coefficient (Wildman–Crippen LogP) is 9.29. The highest BCUT2D eigenvalue weighted by atomic mass is 32.1. The summed E-state index contributed by atoms with van der Waals surface area (Å²) in [7, 11) is 0. The van der Waals surface area contributed by atoms with Crippen molar-refractivity contribution in [1.29, 1.82) is 0 Å². The summed E-state index contributed by atoms with van der Waals surface area (Å²) < 4.78 is 16.1. The van der Waals surface area contributed by atoms with Crippen LogP contribution in [0.2, 0.25) is 0 Å². The maximum absolute atomic E-state index is 12.6. The number of benzene rings is 3. The SMILES string of the molecule is C=CC(=O)OCCCCOc1ccc(C(=O)Oc2ccc(N=Nc3ccc(N=Nc4ccc(N5CCCC5)s4)cc3)cc2)cc1. The number of unbranched alkanes of at least 4 members (excludes halogenated alkanes) is 1. The Kier molecular flexibility index (Phi) is 11.2. The Labute approximate surface area is 265 Å². The number of rotatable bonds is 14. The van der Waals surface area contributed by atoms with E-state index < -0.39 is 11.9 Å². The molecule has 1 aromatic heterocycles. The number of hydrogen-bond acceptors (Lipinski definition) is 11. The fraction of sp³-hybridized carbons (Fsp3) is 0.235. The molecule has 230 valence electrons.